The molecule has 5 heteroatoms. The minimum Gasteiger partial charge on any atom is -0.349 e. The summed E-state index contributed by atoms with van der Waals surface area (Å²) in [5, 5.41) is 3.12. The van der Waals surface area contributed by atoms with Crippen LogP contribution >= 0.6 is 0 Å². The highest BCUT2D eigenvalue weighted by Crippen LogP contribution is 2.22. The van der Waals surface area contributed by atoms with Gasteiger partial charge < -0.3 is 15.1 Å². The maximum atomic E-state index is 12.4. The molecule has 0 spiro atoms. The zero-order valence-electron chi connectivity index (χ0n) is 13.0. The largest absolute Gasteiger partial charge is 0.349 e. The van der Waals surface area contributed by atoms with Crippen molar-refractivity contribution in [2.75, 3.05) is 31.6 Å². The molecule has 0 saturated carbocycles. The number of carbonyl (C=O) groups excluding carboxylic acids is 2. The monoisotopic (exact) mass is 301 g/mol. The predicted octanol–water partition coefficient (Wildman–Crippen LogP) is 1.64. The van der Waals surface area contributed by atoms with Gasteiger partial charge in [0.2, 0.25) is 5.91 Å². The highest BCUT2D eigenvalue weighted by molar-refractivity contribution is 5.99. The number of rotatable bonds is 3. The summed E-state index contributed by atoms with van der Waals surface area (Å²) in [7, 11) is 2.11. The molecule has 1 aromatic carbocycles. The Bertz CT molecular complexity index is 565. The summed E-state index contributed by atoms with van der Waals surface area (Å²) in [6.45, 7) is 2.79. The van der Waals surface area contributed by atoms with E-state index >= 15 is 0 Å². The van der Waals surface area contributed by atoms with E-state index in [-0.39, 0.29) is 17.9 Å². The Morgan fingerprint density at radius 2 is 2.00 bits per heavy atom. The quantitative estimate of drug-likeness (QED) is 0.923. The smallest absolute Gasteiger partial charge is 0.251 e. The second-order valence-electron chi connectivity index (χ2n) is 6.25. The average molecular weight is 301 g/mol. The van der Waals surface area contributed by atoms with E-state index in [9.17, 15) is 9.59 Å². The maximum absolute atomic E-state index is 12.4. The normalized spacial score (nSPS) is 20.4. The Kier molecular flexibility index (Phi) is 4.43. The lowest BCUT2D eigenvalue weighted by atomic mass is 10.0. The van der Waals surface area contributed by atoms with Gasteiger partial charge in [-0.3, -0.25) is 9.59 Å². The highest BCUT2D eigenvalue weighted by atomic mass is 16.2. The van der Waals surface area contributed by atoms with E-state index in [0.717, 1.165) is 44.6 Å². The van der Waals surface area contributed by atoms with E-state index in [1.165, 1.54) is 0 Å². The van der Waals surface area contributed by atoms with Gasteiger partial charge in [-0.2, -0.15) is 0 Å². The summed E-state index contributed by atoms with van der Waals surface area (Å²) in [4.78, 5) is 28.3. The molecular formula is C17H23N3O2. The predicted molar refractivity (Wildman–Crippen MR) is 86.0 cm³/mol. The molecule has 2 saturated heterocycles. The zero-order chi connectivity index (χ0) is 15.5. The SMILES string of the molecule is CN1CCC(NC(=O)c2cccc(N3CCCC3=O)c2)CC1. The molecule has 0 radical (unpaired) electrons. The van der Waals surface area contributed by atoms with Gasteiger partial charge in [0.25, 0.3) is 5.91 Å². The fraction of sp³-hybridized carbons (Fsp3) is 0.529. The summed E-state index contributed by atoms with van der Waals surface area (Å²) in [6, 6.07) is 7.64. The highest BCUT2D eigenvalue weighted by Gasteiger charge is 2.23. The standard InChI is InChI=1S/C17H23N3O2/c1-19-10-7-14(8-11-19)18-17(22)13-4-2-5-15(12-13)20-9-3-6-16(20)21/h2,4-5,12,14H,3,6-11H2,1H3,(H,18,22). The van der Waals surface area contributed by atoms with Crippen molar-refractivity contribution in [3.05, 3.63) is 29.8 Å². The molecule has 0 atom stereocenters. The molecule has 1 N–H and O–H groups in total. The minimum absolute atomic E-state index is 0.0388. The van der Waals surface area contributed by atoms with Gasteiger partial charge in [-0.25, -0.2) is 0 Å². The van der Waals surface area contributed by atoms with Crippen molar-refractivity contribution in [3.63, 3.8) is 0 Å². The lowest BCUT2D eigenvalue weighted by Crippen LogP contribution is -2.43. The van der Waals surface area contributed by atoms with Crippen LogP contribution in [-0.2, 0) is 4.79 Å². The molecule has 0 unspecified atom stereocenters. The third-order valence-corrected chi connectivity index (χ3v) is 4.55. The molecule has 5 nitrogen and oxygen atoms in total. The summed E-state index contributed by atoms with van der Waals surface area (Å²) in [6.07, 6.45) is 3.48. The van der Waals surface area contributed by atoms with Crippen LogP contribution in [0, 0.1) is 0 Å². The van der Waals surface area contributed by atoms with E-state index in [1.807, 2.05) is 24.3 Å². The molecule has 2 aliphatic rings. The van der Waals surface area contributed by atoms with Crippen LogP contribution in [0.5, 0.6) is 0 Å². The molecule has 2 heterocycles. The Morgan fingerprint density at radius 1 is 1.23 bits per heavy atom. The number of likely N-dealkylation sites (tertiary alicyclic amines) is 1. The Morgan fingerprint density at radius 3 is 2.68 bits per heavy atom. The first kappa shape index (κ1) is 15.0. The van der Waals surface area contributed by atoms with Crippen molar-refractivity contribution in [3.8, 4) is 0 Å². The van der Waals surface area contributed by atoms with Crippen molar-refractivity contribution >= 4 is 17.5 Å². The first-order valence-electron chi connectivity index (χ1n) is 8.03. The van der Waals surface area contributed by atoms with Gasteiger partial charge in [-0.1, -0.05) is 6.07 Å². The van der Waals surface area contributed by atoms with Gasteiger partial charge in [0, 0.05) is 30.3 Å². The summed E-state index contributed by atoms with van der Waals surface area (Å²) in [5.41, 5.74) is 1.47. The number of amides is 2. The van der Waals surface area contributed by atoms with Crippen LogP contribution in [0.4, 0.5) is 5.69 Å². The van der Waals surface area contributed by atoms with E-state index in [2.05, 4.69) is 17.3 Å². The number of hydrogen-bond donors (Lipinski definition) is 1. The van der Waals surface area contributed by atoms with E-state index in [1.54, 1.807) is 4.90 Å². The van der Waals surface area contributed by atoms with Crippen LogP contribution in [0.2, 0.25) is 0 Å². The number of piperidine rings is 1. The molecule has 3 rings (SSSR count). The molecule has 2 aliphatic heterocycles. The lowest BCUT2D eigenvalue weighted by molar-refractivity contribution is -0.117. The molecule has 0 bridgehead atoms. The van der Waals surface area contributed by atoms with Crippen LogP contribution in [0.25, 0.3) is 0 Å². The second kappa shape index (κ2) is 6.48. The Hall–Kier alpha value is -1.88. The molecule has 2 fully saturated rings. The van der Waals surface area contributed by atoms with Crippen LogP contribution in [-0.4, -0.2) is 49.4 Å². The van der Waals surface area contributed by atoms with Crippen molar-refractivity contribution < 1.29 is 9.59 Å². The second-order valence-corrected chi connectivity index (χ2v) is 6.25. The van der Waals surface area contributed by atoms with Gasteiger partial charge in [-0.15, -0.1) is 0 Å². The number of carbonyl (C=O) groups is 2. The topological polar surface area (TPSA) is 52.7 Å². The molecular weight excluding hydrogens is 278 g/mol. The first-order valence-corrected chi connectivity index (χ1v) is 8.03. The third kappa shape index (κ3) is 3.30. The van der Waals surface area contributed by atoms with Gasteiger partial charge >= 0.3 is 0 Å². The van der Waals surface area contributed by atoms with Crippen LogP contribution in [0.3, 0.4) is 0 Å². The van der Waals surface area contributed by atoms with Gasteiger partial charge in [0.1, 0.15) is 0 Å². The Labute approximate surface area is 131 Å². The van der Waals surface area contributed by atoms with Crippen molar-refractivity contribution in [1.29, 1.82) is 0 Å². The molecule has 118 valence electrons. The minimum atomic E-state index is -0.0388. The van der Waals surface area contributed by atoms with E-state index < -0.39 is 0 Å². The third-order valence-electron chi connectivity index (χ3n) is 4.55. The number of hydrogen-bond acceptors (Lipinski definition) is 3. The Balaban J connectivity index is 1.66. The number of benzene rings is 1. The summed E-state index contributed by atoms with van der Waals surface area (Å²) >= 11 is 0. The van der Waals surface area contributed by atoms with Crippen LogP contribution < -0.4 is 10.2 Å². The number of anilines is 1. The van der Waals surface area contributed by atoms with Gasteiger partial charge in [-0.05, 0) is 57.6 Å². The summed E-state index contributed by atoms with van der Waals surface area (Å²) < 4.78 is 0. The van der Waals surface area contributed by atoms with Gasteiger partial charge in [0.05, 0.1) is 0 Å². The molecule has 1 aromatic rings. The maximum Gasteiger partial charge on any atom is 0.251 e. The zero-order valence-corrected chi connectivity index (χ0v) is 13.0. The fourth-order valence-electron chi connectivity index (χ4n) is 3.16. The van der Waals surface area contributed by atoms with Crippen molar-refractivity contribution in [2.24, 2.45) is 0 Å². The molecule has 2 amide bonds. The molecule has 0 aliphatic carbocycles. The number of nitrogens with zero attached hydrogens (tertiary/aromatic N) is 2. The number of nitrogens with one attached hydrogen (secondary N) is 1. The van der Waals surface area contributed by atoms with Crippen molar-refractivity contribution in [2.45, 2.75) is 31.7 Å². The molecule has 0 aromatic heterocycles. The van der Waals surface area contributed by atoms with Crippen LogP contribution in [0.15, 0.2) is 24.3 Å². The lowest BCUT2D eigenvalue weighted by Gasteiger charge is -2.29. The van der Waals surface area contributed by atoms with Crippen molar-refractivity contribution in [1.82, 2.24) is 10.2 Å². The van der Waals surface area contributed by atoms with E-state index in [4.69, 9.17) is 0 Å². The van der Waals surface area contributed by atoms with Crippen LogP contribution in [0.1, 0.15) is 36.0 Å². The van der Waals surface area contributed by atoms with E-state index in [0.29, 0.717) is 12.0 Å². The summed E-state index contributed by atoms with van der Waals surface area (Å²) in [5.74, 6) is 0.107. The molecule has 22 heavy (non-hydrogen) atoms. The van der Waals surface area contributed by atoms with Gasteiger partial charge in [0.15, 0.2) is 0 Å². The fourth-order valence-corrected chi connectivity index (χ4v) is 3.16. The average Bonchev–Trinajstić information content (AvgIpc) is 2.96. The first-order chi connectivity index (χ1) is 10.6.